The number of ether oxygens (including phenoxy) is 7. The zero-order valence-corrected chi connectivity index (χ0v) is 32.9. The van der Waals surface area contributed by atoms with Crippen molar-refractivity contribution in [3.63, 3.8) is 0 Å². The molecule has 0 unspecified atom stereocenters. The fourth-order valence-corrected chi connectivity index (χ4v) is 12.8. The van der Waals surface area contributed by atoms with E-state index in [1.165, 1.54) is 6.08 Å². The van der Waals surface area contributed by atoms with Crippen LogP contribution in [0.15, 0.2) is 11.6 Å². The molecule has 7 fully saturated rings. The van der Waals surface area contributed by atoms with Crippen molar-refractivity contribution in [3.05, 3.63) is 11.6 Å². The summed E-state index contributed by atoms with van der Waals surface area (Å²) < 4.78 is 43.2. The van der Waals surface area contributed by atoms with Crippen molar-refractivity contribution >= 4 is 5.97 Å². The van der Waals surface area contributed by atoms with Crippen LogP contribution in [0, 0.1) is 34.5 Å². The third-order valence-corrected chi connectivity index (χ3v) is 15.8. The zero-order valence-electron chi connectivity index (χ0n) is 32.9. The summed E-state index contributed by atoms with van der Waals surface area (Å²) in [7, 11) is 0. The zero-order chi connectivity index (χ0) is 39.2. The first-order valence-corrected chi connectivity index (χ1v) is 20.9. The predicted octanol–water partition coefficient (Wildman–Crippen LogP) is 2.22. The van der Waals surface area contributed by atoms with Gasteiger partial charge in [0, 0.05) is 43.1 Å². The van der Waals surface area contributed by atoms with Crippen molar-refractivity contribution in [2.24, 2.45) is 34.5 Å². The Balaban J connectivity index is 0.936. The van der Waals surface area contributed by atoms with Crippen LogP contribution in [0.1, 0.15) is 105 Å². The Morgan fingerprint density at radius 1 is 0.709 bits per heavy atom. The van der Waals surface area contributed by atoms with Gasteiger partial charge in [0.25, 0.3) is 0 Å². The van der Waals surface area contributed by atoms with Gasteiger partial charge in [-0.1, -0.05) is 13.8 Å². The van der Waals surface area contributed by atoms with Crippen LogP contribution in [0.25, 0.3) is 0 Å². The lowest BCUT2D eigenvalue weighted by Gasteiger charge is -2.63. The van der Waals surface area contributed by atoms with Gasteiger partial charge in [-0.2, -0.15) is 0 Å². The van der Waals surface area contributed by atoms with Crippen LogP contribution < -0.4 is 0 Å². The van der Waals surface area contributed by atoms with Gasteiger partial charge in [-0.05, 0) is 94.5 Å². The number of fused-ring (bicyclic) bond motifs is 5. The van der Waals surface area contributed by atoms with E-state index < -0.39 is 90.9 Å². The summed E-state index contributed by atoms with van der Waals surface area (Å²) in [6.07, 6.45) is -1.45. The summed E-state index contributed by atoms with van der Waals surface area (Å²) in [5, 5.41) is 65.5. The number of cyclic esters (lactones) is 1. The van der Waals surface area contributed by atoms with Crippen LogP contribution in [0.2, 0.25) is 0 Å². The Bertz CT molecular complexity index is 1420. The minimum absolute atomic E-state index is 0.00949. The second kappa shape index (κ2) is 15.1. The van der Waals surface area contributed by atoms with Crippen LogP contribution in [0.5, 0.6) is 0 Å². The molecule has 4 aliphatic heterocycles. The van der Waals surface area contributed by atoms with Gasteiger partial charge in [0.1, 0.15) is 24.9 Å². The molecule has 8 aliphatic rings. The van der Waals surface area contributed by atoms with Gasteiger partial charge >= 0.3 is 5.97 Å². The molecule has 0 aromatic heterocycles. The smallest absolute Gasteiger partial charge is 0.331 e. The number of aliphatic hydroxyl groups is 6. The molecule has 14 heteroatoms. The summed E-state index contributed by atoms with van der Waals surface area (Å²) in [5.74, 6) is 0.103. The van der Waals surface area contributed by atoms with Crippen LogP contribution in [0.4, 0.5) is 0 Å². The summed E-state index contributed by atoms with van der Waals surface area (Å²) >= 11 is 0. The van der Waals surface area contributed by atoms with Crippen molar-refractivity contribution in [2.75, 3.05) is 6.61 Å². The fraction of sp³-hybridized carbons (Fsp3) is 0.927. The highest BCUT2D eigenvalue weighted by atomic mass is 16.7. The van der Waals surface area contributed by atoms with Gasteiger partial charge in [0.2, 0.25) is 0 Å². The SMILES string of the molecule is C[C@H]1O[C@@H](O[C@H]2[C@@H](O[C@H]3C[C@H](O)[C@H](O)[C@@H](C)O3)C[C@H](O[C@H]3CC[C@@]4(C)[C@H](CC[C@H]5[C@@H]4CC[C@]4(C)[C@@H](C6=CC(=O)OC6)[C@@H](O)C[C@]54O)C3)O[C@@H]2C)C[C@H](O)[C@@H]1O. The van der Waals surface area contributed by atoms with Gasteiger partial charge in [-0.15, -0.1) is 0 Å². The Labute approximate surface area is 323 Å². The highest BCUT2D eigenvalue weighted by Gasteiger charge is 2.70. The second-order valence-electron chi connectivity index (χ2n) is 18.9. The van der Waals surface area contributed by atoms with E-state index in [2.05, 4.69) is 13.8 Å². The first-order chi connectivity index (χ1) is 26.0. The molecule has 0 aromatic carbocycles. The molecule has 0 radical (unpaired) electrons. The average Bonchev–Trinajstić information content (AvgIpc) is 3.63. The minimum Gasteiger partial charge on any atom is -0.458 e. The Kier molecular flexibility index (Phi) is 11.1. The lowest BCUT2D eigenvalue weighted by atomic mass is 9.43. The number of esters is 1. The van der Waals surface area contributed by atoms with Gasteiger partial charge < -0.3 is 63.8 Å². The van der Waals surface area contributed by atoms with Gasteiger partial charge in [0.15, 0.2) is 18.9 Å². The lowest BCUT2D eigenvalue weighted by Crippen LogP contribution is -2.62. The average molecular weight is 781 g/mol. The van der Waals surface area contributed by atoms with Crippen LogP contribution in [0.3, 0.4) is 0 Å². The first kappa shape index (κ1) is 40.5. The quantitative estimate of drug-likeness (QED) is 0.162. The van der Waals surface area contributed by atoms with E-state index >= 15 is 0 Å². The molecule has 0 bridgehead atoms. The van der Waals surface area contributed by atoms with E-state index in [1.807, 2.05) is 6.92 Å². The molecule has 3 saturated heterocycles. The molecule has 0 spiro atoms. The molecule has 8 rings (SSSR count). The molecule has 0 amide bonds. The van der Waals surface area contributed by atoms with E-state index in [-0.39, 0.29) is 48.8 Å². The lowest BCUT2D eigenvalue weighted by molar-refractivity contribution is -0.344. The minimum atomic E-state index is -1.03. The molecule has 6 N–H and O–H groups in total. The number of carbonyl (C=O) groups excluding carboxylic acids is 1. The van der Waals surface area contributed by atoms with E-state index in [0.717, 1.165) is 50.5 Å². The van der Waals surface area contributed by atoms with Crippen molar-refractivity contribution < 1.29 is 68.6 Å². The van der Waals surface area contributed by atoms with Crippen LogP contribution in [-0.2, 0) is 38.0 Å². The third-order valence-electron chi connectivity index (χ3n) is 15.8. The Hall–Kier alpha value is -1.27. The maximum Gasteiger partial charge on any atom is 0.331 e. The van der Waals surface area contributed by atoms with E-state index in [1.54, 1.807) is 13.8 Å². The summed E-state index contributed by atoms with van der Waals surface area (Å²) in [6, 6.07) is 0. The van der Waals surface area contributed by atoms with E-state index in [9.17, 15) is 35.4 Å². The molecule has 312 valence electrons. The third kappa shape index (κ3) is 7.05. The molecule has 14 nitrogen and oxygen atoms in total. The number of rotatable bonds is 7. The summed E-state index contributed by atoms with van der Waals surface area (Å²) in [6.45, 7) is 9.97. The topological polar surface area (TPSA) is 203 Å². The monoisotopic (exact) mass is 780 g/mol. The van der Waals surface area contributed by atoms with Crippen molar-refractivity contribution in [2.45, 2.75) is 197 Å². The number of carbonyl (C=O) groups is 1. The van der Waals surface area contributed by atoms with Crippen molar-refractivity contribution in [1.29, 1.82) is 0 Å². The first-order valence-electron chi connectivity index (χ1n) is 20.9. The van der Waals surface area contributed by atoms with Crippen molar-refractivity contribution in [1.82, 2.24) is 0 Å². The molecular weight excluding hydrogens is 716 g/mol. The number of hydrogen-bond acceptors (Lipinski definition) is 14. The molecule has 0 aromatic rings. The largest absolute Gasteiger partial charge is 0.458 e. The molecule has 4 heterocycles. The van der Waals surface area contributed by atoms with Gasteiger partial charge in [0.05, 0.1) is 54.4 Å². The fourth-order valence-electron chi connectivity index (χ4n) is 12.8. The highest BCUT2D eigenvalue weighted by molar-refractivity contribution is 5.85. The number of aliphatic hydroxyl groups excluding tert-OH is 5. The maximum absolute atomic E-state index is 12.6. The summed E-state index contributed by atoms with van der Waals surface area (Å²) in [4.78, 5) is 12.0. The van der Waals surface area contributed by atoms with E-state index in [0.29, 0.717) is 24.7 Å². The summed E-state index contributed by atoms with van der Waals surface area (Å²) in [5.41, 5.74) is -0.743. The van der Waals surface area contributed by atoms with Gasteiger partial charge in [-0.3, -0.25) is 0 Å². The number of hydrogen-bond donors (Lipinski definition) is 6. The normalized spacial score (nSPS) is 55.5. The predicted molar refractivity (Wildman–Crippen MR) is 193 cm³/mol. The Morgan fingerprint density at radius 2 is 1.35 bits per heavy atom. The maximum atomic E-state index is 12.6. The second-order valence-corrected chi connectivity index (χ2v) is 18.9. The standard InChI is InChI=1S/C41H64O14/c1-19-36(46)27(42)14-32(50-19)54-30-16-34(52-21(3)38(30)55-33-15-28(43)37(47)20(2)51-33)53-24-8-10-39(4)23(13-24)6-7-26-25(39)9-11-40(5)35(22-12-31(45)49-18-22)29(44)17-41(26,40)48/h12,19-21,23-30,32-38,42-44,46-48H,6-11,13-18H2,1-5H3/t19-,20-,21-,23-,24+,25+,26+,27+,28+,29+,30+,32+,33+,34+,35+,36-,37-,38-,39+,40-,41+/m1/s1. The molecule has 4 aliphatic carbocycles. The van der Waals surface area contributed by atoms with Crippen LogP contribution in [-0.4, -0.2) is 135 Å². The van der Waals surface area contributed by atoms with E-state index in [4.69, 9.17) is 33.2 Å². The molecule has 21 atom stereocenters. The van der Waals surface area contributed by atoms with Crippen LogP contribution >= 0.6 is 0 Å². The highest BCUT2D eigenvalue weighted by Crippen LogP contribution is 2.70. The van der Waals surface area contributed by atoms with Gasteiger partial charge in [-0.25, -0.2) is 4.79 Å². The van der Waals surface area contributed by atoms with Crippen molar-refractivity contribution in [3.8, 4) is 0 Å². The molecule has 4 saturated carbocycles. The molecule has 55 heavy (non-hydrogen) atoms. The molecular formula is C41H64O14. The Morgan fingerprint density at radius 3 is 1.98 bits per heavy atom.